The maximum atomic E-state index is 13.0. The lowest BCUT2D eigenvalue weighted by atomic mass is 10.1. The summed E-state index contributed by atoms with van der Waals surface area (Å²) in [4.78, 5) is 13.0. The van der Waals surface area contributed by atoms with Gasteiger partial charge in [-0.1, -0.05) is 54.6 Å². The highest BCUT2D eigenvalue weighted by Crippen LogP contribution is 2.23. The van der Waals surface area contributed by atoms with Crippen molar-refractivity contribution in [3.05, 3.63) is 72.8 Å². The second kappa shape index (κ2) is 9.41. The number of amides is 1. The van der Waals surface area contributed by atoms with Crippen molar-refractivity contribution in [3.8, 4) is 0 Å². The van der Waals surface area contributed by atoms with Gasteiger partial charge in [0.2, 0.25) is 5.91 Å². The molecule has 28 heavy (non-hydrogen) atoms. The molecule has 3 aromatic rings. The number of hydrogen-bond donors (Lipinski definition) is 5. The number of para-hydroxylation sites is 1. The molecule has 6 N–H and O–H groups in total. The lowest BCUT2D eigenvalue weighted by molar-refractivity contribution is -0.117. The summed E-state index contributed by atoms with van der Waals surface area (Å²) in [7, 11) is 0. The van der Waals surface area contributed by atoms with Gasteiger partial charge in [-0.25, -0.2) is 0 Å². The Kier molecular flexibility index (Phi) is 6.46. The first-order valence-electron chi connectivity index (χ1n) is 9.31. The fourth-order valence-corrected chi connectivity index (χ4v) is 3.09. The number of nitrogens with one attached hydrogen (secondary N) is 4. The zero-order valence-corrected chi connectivity index (χ0v) is 15.6. The molecule has 0 aliphatic heterocycles. The largest absolute Gasteiger partial charge is 0.374 e. The number of rotatable bonds is 8. The van der Waals surface area contributed by atoms with Crippen LogP contribution >= 0.6 is 0 Å². The van der Waals surface area contributed by atoms with Crippen molar-refractivity contribution in [1.82, 2.24) is 5.32 Å². The predicted octanol–water partition coefficient (Wildman–Crippen LogP) is 3.52. The summed E-state index contributed by atoms with van der Waals surface area (Å²) >= 11 is 0. The predicted molar refractivity (Wildman–Crippen MR) is 116 cm³/mol. The highest BCUT2D eigenvalue weighted by Gasteiger charge is 2.19. The number of guanidine groups is 1. The number of anilines is 2. The average Bonchev–Trinajstić information content (AvgIpc) is 2.71. The molecule has 0 radical (unpaired) electrons. The monoisotopic (exact) mass is 375 g/mol. The van der Waals surface area contributed by atoms with Crippen LogP contribution in [0.3, 0.4) is 0 Å². The minimum atomic E-state index is -0.407. The molecular formula is C22H25N5O. The van der Waals surface area contributed by atoms with E-state index < -0.39 is 6.04 Å². The summed E-state index contributed by atoms with van der Waals surface area (Å²) in [5.41, 5.74) is 7.01. The van der Waals surface area contributed by atoms with Crippen LogP contribution in [0.25, 0.3) is 10.8 Å². The maximum absolute atomic E-state index is 13.0. The molecule has 0 bridgehead atoms. The van der Waals surface area contributed by atoms with E-state index in [-0.39, 0.29) is 11.9 Å². The van der Waals surface area contributed by atoms with E-state index in [0.717, 1.165) is 22.1 Å². The van der Waals surface area contributed by atoms with E-state index in [4.69, 9.17) is 11.1 Å². The Labute approximate surface area is 164 Å². The van der Waals surface area contributed by atoms with Crippen molar-refractivity contribution < 1.29 is 4.79 Å². The van der Waals surface area contributed by atoms with Gasteiger partial charge in [-0.3, -0.25) is 10.2 Å². The Morgan fingerprint density at radius 1 is 0.964 bits per heavy atom. The first kappa shape index (κ1) is 19.2. The zero-order valence-electron chi connectivity index (χ0n) is 15.6. The topological polar surface area (TPSA) is 103 Å². The van der Waals surface area contributed by atoms with Crippen LogP contribution in [0.5, 0.6) is 0 Å². The zero-order chi connectivity index (χ0) is 19.8. The van der Waals surface area contributed by atoms with Crippen molar-refractivity contribution in [2.75, 3.05) is 17.2 Å². The third-order valence-corrected chi connectivity index (χ3v) is 4.46. The molecule has 144 valence electrons. The molecule has 0 heterocycles. The molecule has 6 nitrogen and oxygen atoms in total. The lowest BCUT2D eigenvalue weighted by Crippen LogP contribution is -2.36. The van der Waals surface area contributed by atoms with Crippen LogP contribution in [0.15, 0.2) is 72.8 Å². The van der Waals surface area contributed by atoms with Gasteiger partial charge in [-0.2, -0.15) is 0 Å². The molecule has 6 heteroatoms. The van der Waals surface area contributed by atoms with Gasteiger partial charge >= 0.3 is 0 Å². The second-order valence-corrected chi connectivity index (χ2v) is 6.56. The molecule has 1 amide bonds. The minimum Gasteiger partial charge on any atom is -0.374 e. The minimum absolute atomic E-state index is 0.0622. The van der Waals surface area contributed by atoms with Crippen molar-refractivity contribution in [3.63, 3.8) is 0 Å². The van der Waals surface area contributed by atoms with Crippen LogP contribution in [0.2, 0.25) is 0 Å². The number of nitrogens with two attached hydrogens (primary N) is 1. The first-order chi connectivity index (χ1) is 13.6. The smallest absolute Gasteiger partial charge is 0.246 e. The van der Waals surface area contributed by atoms with Crippen molar-refractivity contribution >= 4 is 34.0 Å². The molecule has 0 saturated carbocycles. The molecule has 3 aromatic carbocycles. The van der Waals surface area contributed by atoms with E-state index in [9.17, 15) is 4.79 Å². The summed E-state index contributed by atoms with van der Waals surface area (Å²) in [6.07, 6.45) is 1.30. The lowest BCUT2D eigenvalue weighted by Gasteiger charge is -2.20. The number of benzene rings is 3. The normalized spacial score (nSPS) is 11.6. The van der Waals surface area contributed by atoms with Crippen LogP contribution in [0.4, 0.5) is 11.4 Å². The third-order valence-electron chi connectivity index (χ3n) is 4.46. The highest BCUT2D eigenvalue weighted by molar-refractivity contribution is 6.04. The Morgan fingerprint density at radius 3 is 2.46 bits per heavy atom. The van der Waals surface area contributed by atoms with Gasteiger partial charge in [-0.15, -0.1) is 0 Å². The Hall–Kier alpha value is -3.54. The van der Waals surface area contributed by atoms with Crippen molar-refractivity contribution in [2.24, 2.45) is 5.73 Å². The molecule has 0 aliphatic rings. The molecule has 0 spiro atoms. The fourth-order valence-electron chi connectivity index (χ4n) is 3.09. The van der Waals surface area contributed by atoms with Gasteiger partial charge in [0.15, 0.2) is 5.96 Å². The average molecular weight is 375 g/mol. The Morgan fingerprint density at radius 2 is 1.68 bits per heavy atom. The number of carbonyl (C=O) groups is 1. The number of hydrogen-bond acceptors (Lipinski definition) is 3. The third kappa shape index (κ3) is 5.23. The summed E-state index contributed by atoms with van der Waals surface area (Å²) in [6.45, 7) is 0.545. The molecule has 3 rings (SSSR count). The van der Waals surface area contributed by atoms with E-state index in [1.54, 1.807) is 0 Å². The Balaban J connectivity index is 1.73. The van der Waals surface area contributed by atoms with Crippen LogP contribution in [-0.4, -0.2) is 24.5 Å². The van der Waals surface area contributed by atoms with Gasteiger partial charge in [0, 0.05) is 23.3 Å². The van der Waals surface area contributed by atoms with Crippen LogP contribution < -0.4 is 21.7 Å². The van der Waals surface area contributed by atoms with E-state index >= 15 is 0 Å². The quantitative estimate of drug-likeness (QED) is 0.236. The molecule has 0 saturated heterocycles. The van der Waals surface area contributed by atoms with Gasteiger partial charge < -0.3 is 21.7 Å². The molecule has 0 aromatic heterocycles. The summed E-state index contributed by atoms with van der Waals surface area (Å²) in [5, 5.41) is 18.5. The number of carbonyl (C=O) groups excluding carboxylic acids is 1. The van der Waals surface area contributed by atoms with E-state index in [1.165, 1.54) is 0 Å². The molecule has 0 aliphatic carbocycles. The summed E-state index contributed by atoms with van der Waals surface area (Å²) < 4.78 is 0. The highest BCUT2D eigenvalue weighted by atomic mass is 16.2. The van der Waals surface area contributed by atoms with E-state index in [2.05, 4.69) is 16.0 Å². The Bertz CT molecular complexity index is 937. The second-order valence-electron chi connectivity index (χ2n) is 6.56. The standard InChI is InChI=1S/C22H25N5O/c23-22(24)25-15-7-14-20(26-17-10-2-1-3-11-17)21(28)27-19-13-6-9-16-8-4-5-12-18(16)19/h1-6,8-13,20,26H,7,14-15H2,(H,27,28)(H4,23,24,25). The molecule has 0 fully saturated rings. The summed E-state index contributed by atoms with van der Waals surface area (Å²) in [6, 6.07) is 23.1. The van der Waals surface area contributed by atoms with Crippen LogP contribution in [0.1, 0.15) is 12.8 Å². The van der Waals surface area contributed by atoms with Crippen LogP contribution in [-0.2, 0) is 4.79 Å². The van der Waals surface area contributed by atoms with Crippen molar-refractivity contribution in [2.45, 2.75) is 18.9 Å². The van der Waals surface area contributed by atoms with Crippen molar-refractivity contribution in [1.29, 1.82) is 5.41 Å². The number of fused-ring (bicyclic) bond motifs is 1. The summed E-state index contributed by atoms with van der Waals surface area (Å²) in [5.74, 6) is -0.157. The van der Waals surface area contributed by atoms with E-state index in [0.29, 0.717) is 19.4 Å². The van der Waals surface area contributed by atoms with Crippen LogP contribution in [0, 0.1) is 5.41 Å². The van der Waals surface area contributed by atoms with Gasteiger partial charge in [0.1, 0.15) is 6.04 Å². The van der Waals surface area contributed by atoms with E-state index in [1.807, 2.05) is 72.8 Å². The molecule has 1 unspecified atom stereocenters. The maximum Gasteiger partial charge on any atom is 0.246 e. The van der Waals surface area contributed by atoms with Gasteiger partial charge in [0.25, 0.3) is 0 Å². The van der Waals surface area contributed by atoms with Gasteiger partial charge in [0.05, 0.1) is 0 Å². The first-order valence-corrected chi connectivity index (χ1v) is 9.31. The fraction of sp³-hybridized carbons (Fsp3) is 0.182. The van der Waals surface area contributed by atoms with Gasteiger partial charge in [-0.05, 0) is 36.4 Å². The molecular weight excluding hydrogens is 350 g/mol. The molecule has 1 atom stereocenters. The SMILES string of the molecule is N=C(N)NCCCC(Nc1ccccc1)C(=O)Nc1cccc2ccccc12.